The van der Waals surface area contributed by atoms with Crippen LogP contribution in [0.25, 0.3) is 11.0 Å². The van der Waals surface area contributed by atoms with Crippen molar-refractivity contribution in [2.45, 2.75) is 58.4 Å². The summed E-state index contributed by atoms with van der Waals surface area (Å²) in [5.41, 5.74) is 2.14. The molecule has 0 bridgehead atoms. The molecule has 2 unspecified atom stereocenters. The number of nitrogens with zero attached hydrogens (tertiary/aromatic N) is 6. The zero-order valence-corrected chi connectivity index (χ0v) is 22.4. The van der Waals surface area contributed by atoms with Gasteiger partial charge in [0.05, 0.1) is 11.8 Å². The number of carbonyl (C=O) groups excluding carboxylic acids is 1. The number of likely N-dealkylation sites (tertiary alicyclic amines) is 2. The average molecular weight is 494 g/mol. The molecule has 0 radical (unpaired) electrons. The Balaban J connectivity index is 1.06. The predicted octanol–water partition coefficient (Wildman–Crippen LogP) is 3.13. The lowest BCUT2D eigenvalue weighted by molar-refractivity contribution is 0.0907. The minimum Gasteiger partial charge on any atom is -0.356 e. The molecule has 36 heavy (non-hydrogen) atoms. The SMILES string of the molecule is Cn1ncc2cc(C(=O)NC3CCN(CCN4CC5C(C4)C5(C)C)CC3)c(N3CCCCCC3)nc21. The Hall–Kier alpha value is -2.19. The van der Waals surface area contributed by atoms with Crippen molar-refractivity contribution >= 4 is 22.8 Å². The Morgan fingerprint density at radius 3 is 2.36 bits per heavy atom. The number of fused-ring (bicyclic) bond motifs is 2. The largest absolute Gasteiger partial charge is 0.356 e. The van der Waals surface area contributed by atoms with Crippen LogP contribution < -0.4 is 10.2 Å². The van der Waals surface area contributed by atoms with Crippen molar-refractivity contribution in [3.05, 3.63) is 17.8 Å². The first-order valence-electron chi connectivity index (χ1n) is 14.2. The first-order valence-corrected chi connectivity index (χ1v) is 14.2. The van der Waals surface area contributed by atoms with Gasteiger partial charge in [0.15, 0.2) is 5.65 Å². The zero-order chi connectivity index (χ0) is 24.9. The van der Waals surface area contributed by atoms with Crippen LogP contribution in [-0.4, -0.2) is 88.9 Å². The summed E-state index contributed by atoms with van der Waals surface area (Å²) in [6.45, 7) is 13.8. The fraction of sp³-hybridized carbons (Fsp3) is 0.750. The molecule has 1 saturated carbocycles. The summed E-state index contributed by atoms with van der Waals surface area (Å²) < 4.78 is 1.81. The van der Waals surface area contributed by atoms with Crippen LogP contribution in [0.3, 0.4) is 0 Å². The molecule has 3 aliphatic heterocycles. The predicted molar refractivity (Wildman–Crippen MR) is 143 cm³/mol. The fourth-order valence-corrected chi connectivity index (χ4v) is 7.00. The van der Waals surface area contributed by atoms with E-state index in [0.29, 0.717) is 11.0 Å². The molecular formula is C28H43N7O. The third-order valence-electron chi connectivity index (χ3n) is 9.69. The summed E-state index contributed by atoms with van der Waals surface area (Å²) in [7, 11) is 1.92. The van der Waals surface area contributed by atoms with Crippen LogP contribution in [0.15, 0.2) is 12.3 Å². The van der Waals surface area contributed by atoms with E-state index < -0.39 is 0 Å². The van der Waals surface area contributed by atoms with Crippen LogP contribution in [0.5, 0.6) is 0 Å². The molecule has 2 aromatic rings. The van der Waals surface area contributed by atoms with Crippen LogP contribution in [0, 0.1) is 17.3 Å². The highest BCUT2D eigenvalue weighted by Crippen LogP contribution is 2.61. The molecule has 8 nitrogen and oxygen atoms in total. The molecule has 4 fully saturated rings. The molecule has 8 heteroatoms. The van der Waals surface area contributed by atoms with Gasteiger partial charge in [0, 0.05) is 70.8 Å². The molecule has 1 aliphatic carbocycles. The second-order valence-electron chi connectivity index (χ2n) is 12.3. The van der Waals surface area contributed by atoms with Gasteiger partial charge >= 0.3 is 0 Å². The van der Waals surface area contributed by atoms with Crippen LogP contribution in [0.4, 0.5) is 5.82 Å². The van der Waals surface area contributed by atoms with Gasteiger partial charge in [-0.25, -0.2) is 4.98 Å². The summed E-state index contributed by atoms with van der Waals surface area (Å²) in [6, 6.07) is 2.23. The Morgan fingerprint density at radius 2 is 1.67 bits per heavy atom. The number of pyridine rings is 1. The van der Waals surface area contributed by atoms with E-state index in [1.807, 2.05) is 19.3 Å². The molecule has 2 aromatic heterocycles. The minimum atomic E-state index is 0.0184. The number of anilines is 1. The summed E-state index contributed by atoms with van der Waals surface area (Å²) in [5.74, 6) is 2.70. The standard InChI is InChI=1S/C28H43N7O/c1-28(2)23-18-34(19-24(23)28)15-14-33-12-8-21(9-13-33)30-27(36)22-16-20-17-29-32(3)25(20)31-26(22)35-10-6-4-5-7-11-35/h16-17,21,23-24H,4-15,18-19H2,1-3H3,(H,30,36). The normalized spacial score (nSPS) is 27.2. The van der Waals surface area contributed by atoms with Crippen LogP contribution >= 0.6 is 0 Å². The van der Waals surface area contributed by atoms with Gasteiger partial charge in [-0.05, 0) is 49.0 Å². The van der Waals surface area contributed by atoms with Gasteiger partial charge in [0.2, 0.25) is 0 Å². The zero-order valence-electron chi connectivity index (χ0n) is 22.4. The van der Waals surface area contributed by atoms with E-state index in [4.69, 9.17) is 4.98 Å². The number of amides is 1. The number of carbonyl (C=O) groups is 1. The maximum absolute atomic E-state index is 13.6. The van der Waals surface area contributed by atoms with Crippen molar-refractivity contribution in [2.24, 2.45) is 24.3 Å². The van der Waals surface area contributed by atoms with Gasteiger partial charge in [-0.15, -0.1) is 0 Å². The van der Waals surface area contributed by atoms with E-state index >= 15 is 0 Å². The van der Waals surface area contributed by atoms with Crippen LogP contribution in [-0.2, 0) is 7.05 Å². The number of nitrogens with one attached hydrogen (secondary N) is 1. The third-order valence-corrected chi connectivity index (χ3v) is 9.69. The van der Waals surface area contributed by atoms with Gasteiger partial charge in [0.1, 0.15) is 5.82 Å². The maximum atomic E-state index is 13.6. The Labute approximate surface area is 215 Å². The topological polar surface area (TPSA) is 69.5 Å². The number of hydrogen-bond donors (Lipinski definition) is 1. The number of aryl methyl sites for hydroxylation is 1. The second kappa shape index (κ2) is 9.60. The molecule has 6 rings (SSSR count). The Kier molecular flexibility index (Phi) is 6.44. The molecule has 1 N–H and O–H groups in total. The maximum Gasteiger partial charge on any atom is 0.255 e. The third kappa shape index (κ3) is 4.62. The molecule has 1 amide bonds. The highest BCUT2D eigenvalue weighted by molar-refractivity contribution is 6.02. The summed E-state index contributed by atoms with van der Waals surface area (Å²) >= 11 is 0. The van der Waals surface area contributed by atoms with Crippen LogP contribution in [0.1, 0.15) is 62.7 Å². The number of aromatic nitrogens is 3. The van der Waals surface area contributed by atoms with Gasteiger partial charge < -0.3 is 20.0 Å². The highest BCUT2D eigenvalue weighted by Gasteiger charge is 2.61. The lowest BCUT2D eigenvalue weighted by Gasteiger charge is -2.34. The summed E-state index contributed by atoms with van der Waals surface area (Å²) in [4.78, 5) is 26.1. The molecule has 0 aromatic carbocycles. The molecular weight excluding hydrogens is 450 g/mol. The van der Waals surface area contributed by atoms with Crippen molar-refractivity contribution in [3.63, 3.8) is 0 Å². The molecule has 2 atom stereocenters. The van der Waals surface area contributed by atoms with Crippen molar-refractivity contribution in [2.75, 3.05) is 57.3 Å². The Bertz CT molecular complexity index is 1080. The molecule has 5 heterocycles. The van der Waals surface area contributed by atoms with Crippen molar-refractivity contribution < 1.29 is 4.79 Å². The molecule has 3 saturated heterocycles. The van der Waals surface area contributed by atoms with E-state index in [1.54, 1.807) is 4.68 Å². The van der Waals surface area contributed by atoms with E-state index in [0.717, 1.165) is 87.1 Å². The number of rotatable bonds is 6. The fourth-order valence-electron chi connectivity index (χ4n) is 7.00. The van der Waals surface area contributed by atoms with E-state index in [9.17, 15) is 4.79 Å². The quantitative estimate of drug-likeness (QED) is 0.667. The van der Waals surface area contributed by atoms with E-state index in [1.165, 1.54) is 32.5 Å². The molecule has 196 valence electrons. The lowest BCUT2D eigenvalue weighted by atomic mass is 10.0. The van der Waals surface area contributed by atoms with Crippen molar-refractivity contribution in [1.29, 1.82) is 0 Å². The van der Waals surface area contributed by atoms with Gasteiger partial charge in [-0.1, -0.05) is 26.7 Å². The van der Waals surface area contributed by atoms with Gasteiger partial charge in [-0.2, -0.15) is 5.10 Å². The summed E-state index contributed by atoms with van der Waals surface area (Å²) in [5, 5.41) is 8.68. The van der Waals surface area contributed by atoms with E-state index in [2.05, 4.69) is 39.0 Å². The first kappa shape index (κ1) is 24.2. The van der Waals surface area contributed by atoms with Gasteiger partial charge in [0.25, 0.3) is 5.91 Å². The van der Waals surface area contributed by atoms with Crippen LogP contribution in [0.2, 0.25) is 0 Å². The number of hydrogen-bond acceptors (Lipinski definition) is 6. The van der Waals surface area contributed by atoms with E-state index in [-0.39, 0.29) is 11.9 Å². The molecule has 0 spiro atoms. The number of piperidine rings is 2. The second-order valence-corrected chi connectivity index (χ2v) is 12.3. The lowest BCUT2D eigenvalue weighted by Crippen LogP contribution is -2.46. The van der Waals surface area contributed by atoms with Crippen molar-refractivity contribution in [3.8, 4) is 0 Å². The highest BCUT2D eigenvalue weighted by atomic mass is 16.1. The molecule has 4 aliphatic rings. The summed E-state index contributed by atoms with van der Waals surface area (Å²) in [6.07, 6.45) is 8.66. The van der Waals surface area contributed by atoms with Gasteiger partial charge in [-0.3, -0.25) is 9.48 Å². The van der Waals surface area contributed by atoms with Crippen molar-refractivity contribution in [1.82, 2.24) is 29.9 Å². The Morgan fingerprint density at radius 1 is 1.00 bits per heavy atom. The first-order chi connectivity index (χ1) is 17.4. The smallest absolute Gasteiger partial charge is 0.255 e. The average Bonchev–Trinajstić information content (AvgIpc) is 3.10. The minimum absolute atomic E-state index is 0.0184. The monoisotopic (exact) mass is 493 g/mol.